The number of hydrogen-bond donors (Lipinski definition) is 0. The molecule has 0 amide bonds. The molecule has 0 aromatic heterocycles. The Balaban J connectivity index is 1.45. The predicted molar refractivity (Wildman–Crippen MR) is 95.4 cm³/mol. The fourth-order valence-corrected chi connectivity index (χ4v) is 10.1. The van der Waals surface area contributed by atoms with Crippen LogP contribution in [0.4, 0.5) is 0 Å². The summed E-state index contributed by atoms with van der Waals surface area (Å²) in [5.41, 5.74) is 6.85. The number of thioether (sulfide) groups is 1. The highest BCUT2D eigenvalue weighted by Crippen LogP contribution is 2.92. The van der Waals surface area contributed by atoms with Crippen LogP contribution in [0.15, 0.2) is 48.5 Å². The summed E-state index contributed by atoms with van der Waals surface area (Å²) in [5, 5.41) is 0. The zero-order valence-electron chi connectivity index (χ0n) is 13.2. The van der Waals surface area contributed by atoms with Crippen LogP contribution in [-0.2, 0) is 0 Å². The van der Waals surface area contributed by atoms with Crippen molar-refractivity contribution in [2.45, 2.75) is 58.8 Å². The first-order chi connectivity index (χ1) is 11.4. The van der Waals surface area contributed by atoms with Gasteiger partial charge in [-0.2, -0.15) is 0 Å². The quantitative estimate of drug-likeness (QED) is 0.573. The Morgan fingerprint density at radius 2 is 0.870 bits per heavy atom. The Labute approximate surface area is 141 Å². The molecule has 5 aliphatic rings. The van der Waals surface area contributed by atoms with Crippen LogP contribution in [0.3, 0.4) is 0 Å². The molecule has 7 rings (SSSR count). The first-order valence-corrected chi connectivity index (χ1v) is 10.1. The lowest BCUT2D eigenvalue weighted by Gasteiger charge is -2.24. The number of benzene rings is 2. The van der Waals surface area contributed by atoms with E-state index in [1.165, 1.54) is 25.7 Å². The topological polar surface area (TPSA) is 0 Å². The lowest BCUT2D eigenvalue weighted by atomic mass is 9.75. The molecule has 4 unspecified atom stereocenters. The maximum absolute atomic E-state index is 2.44. The van der Waals surface area contributed by atoms with Crippen molar-refractivity contribution in [1.29, 1.82) is 0 Å². The Morgan fingerprint density at radius 3 is 1.17 bits per heavy atom. The van der Waals surface area contributed by atoms with Gasteiger partial charge in [-0.1, -0.05) is 48.5 Å². The lowest BCUT2D eigenvalue weighted by Crippen LogP contribution is -2.31. The normalized spacial score (nSPS) is 46.6. The molecular formula is C22H20S. The molecule has 4 aliphatic carbocycles. The van der Waals surface area contributed by atoms with Crippen molar-refractivity contribution in [3.63, 3.8) is 0 Å². The van der Waals surface area contributed by atoms with Crippen molar-refractivity contribution in [2.75, 3.05) is 0 Å². The van der Waals surface area contributed by atoms with Crippen LogP contribution in [-0.4, -0.2) is 9.49 Å². The highest BCUT2D eigenvalue weighted by Gasteiger charge is 2.86. The van der Waals surface area contributed by atoms with E-state index in [1.54, 1.807) is 22.3 Å². The standard InChI is InChI=1S/C22H20S/c1-2-6-14-13(5-1)17-9-10-18(14)21(17)22(23-21)19-11-12-20(22)16-8-4-3-7-15(16)19/h1-8,17-20H,9-12H2. The maximum atomic E-state index is 2.44. The second-order valence-electron chi connectivity index (χ2n) is 8.31. The summed E-state index contributed by atoms with van der Waals surface area (Å²) in [5.74, 6) is 3.36. The van der Waals surface area contributed by atoms with E-state index in [1.807, 2.05) is 0 Å². The summed E-state index contributed by atoms with van der Waals surface area (Å²) in [6.07, 6.45) is 5.75. The predicted octanol–water partition coefficient (Wildman–Crippen LogP) is 5.56. The van der Waals surface area contributed by atoms with Gasteiger partial charge in [0.25, 0.3) is 0 Å². The molecule has 4 bridgehead atoms. The lowest BCUT2D eigenvalue weighted by molar-refractivity contribution is 0.438. The van der Waals surface area contributed by atoms with Gasteiger partial charge in [0.05, 0.1) is 0 Å². The van der Waals surface area contributed by atoms with Crippen LogP contribution in [0.25, 0.3) is 0 Å². The van der Waals surface area contributed by atoms with Crippen molar-refractivity contribution < 1.29 is 0 Å². The molecule has 2 spiro atoms. The minimum Gasteiger partial charge on any atom is -0.143 e. The summed E-state index contributed by atoms with van der Waals surface area (Å²) in [6, 6.07) is 18.8. The van der Waals surface area contributed by atoms with Crippen LogP contribution >= 0.6 is 11.8 Å². The molecule has 23 heavy (non-hydrogen) atoms. The zero-order valence-corrected chi connectivity index (χ0v) is 14.0. The van der Waals surface area contributed by atoms with Crippen LogP contribution < -0.4 is 0 Å². The third kappa shape index (κ3) is 1.05. The number of hydrogen-bond acceptors (Lipinski definition) is 1. The molecule has 0 radical (unpaired) electrons. The van der Waals surface area contributed by atoms with Gasteiger partial charge in [0.2, 0.25) is 0 Å². The van der Waals surface area contributed by atoms with Gasteiger partial charge >= 0.3 is 0 Å². The molecule has 1 heteroatoms. The monoisotopic (exact) mass is 316 g/mol. The fraction of sp³-hybridized carbons (Fsp3) is 0.455. The Morgan fingerprint density at radius 1 is 0.565 bits per heavy atom. The Kier molecular flexibility index (Phi) is 1.89. The molecule has 0 N–H and O–H groups in total. The minimum absolute atomic E-state index is 0.557. The molecule has 2 aromatic rings. The third-order valence-electron chi connectivity index (χ3n) is 7.96. The van der Waals surface area contributed by atoms with E-state index >= 15 is 0 Å². The van der Waals surface area contributed by atoms with Gasteiger partial charge in [0.15, 0.2) is 0 Å². The average molecular weight is 316 g/mol. The maximum Gasteiger partial charge on any atom is 0.0462 e. The van der Waals surface area contributed by atoms with Gasteiger partial charge in [0, 0.05) is 33.2 Å². The van der Waals surface area contributed by atoms with Crippen LogP contribution in [0.5, 0.6) is 0 Å². The van der Waals surface area contributed by atoms with Gasteiger partial charge in [-0.15, -0.1) is 11.8 Å². The second kappa shape index (κ2) is 3.57. The Bertz CT molecular complexity index is 732. The van der Waals surface area contributed by atoms with E-state index in [0.29, 0.717) is 9.49 Å². The number of rotatable bonds is 0. The SMILES string of the molecule is c1ccc2c(c1)C1CCC2C12SC21C2CCC1c1ccccc12. The van der Waals surface area contributed by atoms with Crippen molar-refractivity contribution in [3.8, 4) is 0 Å². The third-order valence-corrected chi connectivity index (χ3v) is 10.2. The van der Waals surface area contributed by atoms with Crippen molar-refractivity contribution >= 4 is 11.8 Å². The molecule has 2 aromatic carbocycles. The van der Waals surface area contributed by atoms with E-state index in [4.69, 9.17) is 0 Å². The van der Waals surface area contributed by atoms with Gasteiger partial charge in [-0.3, -0.25) is 0 Å². The van der Waals surface area contributed by atoms with E-state index in [0.717, 1.165) is 23.7 Å². The van der Waals surface area contributed by atoms with Crippen LogP contribution in [0.2, 0.25) is 0 Å². The van der Waals surface area contributed by atoms with Gasteiger partial charge in [-0.25, -0.2) is 0 Å². The summed E-state index contributed by atoms with van der Waals surface area (Å²) >= 11 is 2.43. The molecule has 2 saturated carbocycles. The molecular weight excluding hydrogens is 296 g/mol. The Hall–Kier alpha value is -1.21. The molecule has 3 fully saturated rings. The summed E-state index contributed by atoms with van der Waals surface area (Å²) in [4.78, 5) is 0. The smallest absolute Gasteiger partial charge is 0.0462 e. The van der Waals surface area contributed by atoms with Gasteiger partial charge in [0.1, 0.15) is 0 Å². The average Bonchev–Trinajstić information content (AvgIpc) is 2.87. The van der Waals surface area contributed by atoms with Crippen molar-refractivity contribution in [1.82, 2.24) is 0 Å². The molecule has 114 valence electrons. The first kappa shape index (κ1) is 12.2. The largest absolute Gasteiger partial charge is 0.143 e. The molecule has 1 heterocycles. The zero-order chi connectivity index (χ0) is 14.8. The molecule has 1 saturated heterocycles. The molecule has 4 atom stereocenters. The van der Waals surface area contributed by atoms with Crippen molar-refractivity contribution in [3.05, 3.63) is 70.8 Å². The van der Waals surface area contributed by atoms with Gasteiger partial charge in [-0.05, 0) is 47.9 Å². The molecule has 1 aliphatic heterocycles. The van der Waals surface area contributed by atoms with Gasteiger partial charge < -0.3 is 0 Å². The second-order valence-corrected chi connectivity index (χ2v) is 9.87. The van der Waals surface area contributed by atoms with Crippen molar-refractivity contribution in [2.24, 2.45) is 0 Å². The highest BCUT2D eigenvalue weighted by atomic mass is 32.2. The van der Waals surface area contributed by atoms with E-state index in [-0.39, 0.29) is 0 Å². The van der Waals surface area contributed by atoms with Crippen LogP contribution in [0, 0.1) is 0 Å². The summed E-state index contributed by atoms with van der Waals surface area (Å²) in [6.45, 7) is 0. The summed E-state index contributed by atoms with van der Waals surface area (Å²) < 4.78 is 1.11. The van der Waals surface area contributed by atoms with Crippen LogP contribution in [0.1, 0.15) is 71.6 Å². The number of fused-ring (bicyclic) bond motifs is 6. The van der Waals surface area contributed by atoms with E-state index in [9.17, 15) is 0 Å². The summed E-state index contributed by atoms with van der Waals surface area (Å²) in [7, 11) is 0. The fourth-order valence-electron chi connectivity index (χ4n) is 7.47. The van der Waals surface area contributed by atoms with E-state index < -0.39 is 0 Å². The minimum atomic E-state index is 0.557. The highest BCUT2D eigenvalue weighted by molar-refractivity contribution is 8.10. The molecule has 0 nitrogen and oxygen atoms in total. The van der Waals surface area contributed by atoms with E-state index in [2.05, 4.69) is 60.3 Å². The first-order valence-electron chi connectivity index (χ1n) is 9.26.